The molecule has 0 spiro atoms. The fourth-order valence-electron chi connectivity index (χ4n) is 2.58. The van der Waals surface area contributed by atoms with Crippen LogP contribution in [0.1, 0.15) is 20.7 Å². The molecule has 2 aromatic carbocycles. The van der Waals surface area contributed by atoms with E-state index in [1.807, 2.05) is 24.3 Å². The molecule has 2 heterocycles. The van der Waals surface area contributed by atoms with Crippen molar-refractivity contribution >= 4 is 44.2 Å². The number of fused-ring (bicyclic) bond motifs is 1. The van der Waals surface area contributed by atoms with E-state index >= 15 is 0 Å². The van der Waals surface area contributed by atoms with Gasteiger partial charge in [0.1, 0.15) is 0 Å². The van der Waals surface area contributed by atoms with Crippen LogP contribution in [0.15, 0.2) is 73.1 Å². The number of anilines is 2. The van der Waals surface area contributed by atoms with Gasteiger partial charge in [-0.15, -0.1) is 0 Å². The average Bonchev–Trinajstić information content (AvgIpc) is 3.11. The Kier molecular flexibility index (Phi) is 4.59. The second kappa shape index (κ2) is 7.35. The monoisotopic (exact) mass is 374 g/mol. The summed E-state index contributed by atoms with van der Waals surface area (Å²) in [4.78, 5) is 33.4. The lowest BCUT2D eigenvalue weighted by Crippen LogP contribution is -2.18. The quantitative estimate of drug-likeness (QED) is 0.561. The van der Waals surface area contributed by atoms with Crippen LogP contribution >= 0.6 is 11.3 Å². The number of pyridine rings is 1. The number of benzene rings is 2. The van der Waals surface area contributed by atoms with Crippen LogP contribution in [-0.4, -0.2) is 21.8 Å². The third kappa shape index (κ3) is 3.68. The summed E-state index contributed by atoms with van der Waals surface area (Å²) in [5.74, 6) is -0.641. The maximum absolute atomic E-state index is 12.7. The lowest BCUT2D eigenvalue weighted by Gasteiger charge is -2.10. The van der Waals surface area contributed by atoms with E-state index in [4.69, 9.17) is 0 Å². The molecule has 0 bridgehead atoms. The molecular formula is C20H14N4O2S. The number of para-hydroxylation sites is 2. The maximum atomic E-state index is 12.7. The number of hydrogen-bond donors (Lipinski definition) is 2. The van der Waals surface area contributed by atoms with Gasteiger partial charge in [0.2, 0.25) is 0 Å². The van der Waals surface area contributed by atoms with Crippen LogP contribution in [0.5, 0.6) is 0 Å². The van der Waals surface area contributed by atoms with Crippen molar-refractivity contribution in [2.75, 3.05) is 10.6 Å². The van der Waals surface area contributed by atoms with E-state index in [1.54, 1.807) is 48.8 Å². The minimum absolute atomic E-state index is 0.308. The Hall–Kier alpha value is -3.58. The minimum atomic E-state index is -0.334. The van der Waals surface area contributed by atoms with Crippen molar-refractivity contribution in [3.05, 3.63) is 84.2 Å². The lowest BCUT2D eigenvalue weighted by atomic mass is 10.1. The van der Waals surface area contributed by atoms with Gasteiger partial charge in [-0.1, -0.05) is 35.6 Å². The molecule has 4 rings (SSSR count). The smallest absolute Gasteiger partial charge is 0.259 e. The molecule has 0 aliphatic carbocycles. The first-order valence-electron chi connectivity index (χ1n) is 8.18. The van der Waals surface area contributed by atoms with Crippen LogP contribution in [0.2, 0.25) is 0 Å². The van der Waals surface area contributed by atoms with Crippen molar-refractivity contribution in [3.8, 4) is 0 Å². The molecule has 6 nitrogen and oxygen atoms in total. The first-order chi connectivity index (χ1) is 13.2. The summed E-state index contributed by atoms with van der Waals surface area (Å²) in [6.45, 7) is 0. The van der Waals surface area contributed by atoms with Crippen LogP contribution in [0.25, 0.3) is 10.2 Å². The van der Waals surface area contributed by atoms with Gasteiger partial charge in [0.25, 0.3) is 11.8 Å². The zero-order chi connectivity index (χ0) is 18.6. The highest BCUT2D eigenvalue weighted by molar-refractivity contribution is 7.22. The Morgan fingerprint density at radius 2 is 1.56 bits per heavy atom. The second-order valence-electron chi connectivity index (χ2n) is 5.68. The zero-order valence-electron chi connectivity index (χ0n) is 14.0. The number of nitrogens with one attached hydrogen (secondary N) is 2. The van der Waals surface area contributed by atoms with Gasteiger partial charge in [0, 0.05) is 18.0 Å². The number of rotatable bonds is 4. The third-order valence-electron chi connectivity index (χ3n) is 3.88. The van der Waals surface area contributed by atoms with Crippen LogP contribution in [-0.2, 0) is 0 Å². The normalized spacial score (nSPS) is 10.5. The van der Waals surface area contributed by atoms with Crippen molar-refractivity contribution in [2.24, 2.45) is 0 Å². The highest BCUT2D eigenvalue weighted by Crippen LogP contribution is 2.26. The first kappa shape index (κ1) is 16.9. The topological polar surface area (TPSA) is 84.0 Å². The number of thiazole rings is 1. The van der Waals surface area contributed by atoms with Crippen molar-refractivity contribution in [2.45, 2.75) is 0 Å². The molecule has 0 radical (unpaired) electrons. The Labute approximate surface area is 158 Å². The highest BCUT2D eigenvalue weighted by atomic mass is 32.1. The van der Waals surface area contributed by atoms with Gasteiger partial charge >= 0.3 is 0 Å². The molecule has 4 aromatic rings. The van der Waals surface area contributed by atoms with Crippen LogP contribution in [0, 0.1) is 0 Å². The molecular weight excluding hydrogens is 360 g/mol. The number of aromatic nitrogens is 2. The second-order valence-corrected chi connectivity index (χ2v) is 6.71. The summed E-state index contributed by atoms with van der Waals surface area (Å²) in [5.41, 5.74) is 2.08. The molecule has 0 atom stereocenters. The summed E-state index contributed by atoms with van der Waals surface area (Å²) in [7, 11) is 0. The number of carbonyl (C=O) groups is 2. The van der Waals surface area contributed by atoms with Crippen molar-refractivity contribution in [1.82, 2.24) is 9.97 Å². The SMILES string of the molecule is O=C(Nc1ccccc1C(=O)Nc1nc2ccccc2s1)c1ccncc1. The average molecular weight is 374 g/mol. The van der Waals surface area contributed by atoms with Crippen molar-refractivity contribution < 1.29 is 9.59 Å². The molecule has 2 amide bonds. The predicted octanol–water partition coefficient (Wildman–Crippen LogP) is 4.20. The summed E-state index contributed by atoms with van der Waals surface area (Å²) in [5, 5.41) is 6.09. The Morgan fingerprint density at radius 1 is 0.815 bits per heavy atom. The van der Waals surface area contributed by atoms with E-state index in [2.05, 4.69) is 20.6 Å². The molecule has 0 saturated heterocycles. The minimum Gasteiger partial charge on any atom is -0.321 e. The Morgan fingerprint density at radius 3 is 2.37 bits per heavy atom. The predicted molar refractivity (Wildman–Crippen MR) is 106 cm³/mol. The van der Waals surface area contributed by atoms with E-state index in [1.165, 1.54) is 11.3 Å². The zero-order valence-corrected chi connectivity index (χ0v) is 14.9. The fraction of sp³-hybridized carbons (Fsp3) is 0. The van der Waals surface area contributed by atoms with E-state index < -0.39 is 0 Å². The molecule has 27 heavy (non-hydrogen) atoms. The Bertz CT molecular complexity index is 1090. The number of nitrogens with zero attached hydrogens (tertiary/aromatic N) is 2. The first-order valence-corrected chi connectivity index (χ1v) is 9.00. The standard InChI is InChI=1S/C20H14N4O2S/c25-18(13-9-11-21-12-10-13)22-15-6-2-1-5-14(15)19(26)24-20-23-16-7-3-4-8-17(16)27-20/h1-12H,(H,22,25)(H,23,24,26). The molecule has 132 valence electrons. The molecule has 0 saturated carbocycles. The summed E-state index contributed by atoms with van der Waals surface area (Å²) in [6, 6.07) is 17.7. The van der Waals surface area contributed by atoms with Gasteiger partial charge in [0.15, 0.2) is 5.13 Å². The molecule has 7 heteroatoms. The maximum Gasteiger partial charge on any atom is 0.259 e. The number of hydrogen-bond acceptors (Lipinski definition) is 5. The van der Waals surface area contributed by atoms with Gasteiger partial charge < -0.3 is 5.32 Å². The largest absolute Gasteiger partial charge is 0.321 e. The highest BCUT2D eigenvalue weighted by Gasteiger charge is 2.15. The van der Waals surface area contributed by atoms with Gasteiger partial charge in [0.05, 0.1) is 21.5 Å². The van der Waals surface area contributed by atoms with Crippen molar-refractivity contribution in [1.29, 1.82) is 0 Å². The van der Waals surface area contributed by atoms with Crippen LogP contribution in [0.4, 0.5) is 10.8 Å². The number of amides is 2. The lowest BCUT2D eigenvalue weighted by molar-refractivity contribution is 0.102. The Balaban J connectivity index is 1.56. The van der Waals surface area contributed by atoms with E-state index in [0.29, 0.717) is 21.9 Å². The van der Waals surface area contributed by atoms with E-state index in [9.17, 15) is 9.59 Å². The van der Waals surface area contributed by atoms with Crippen molar-refractivity contribution in [3.63, 3.8) is 0 Å². The molecule has 0 aliphatic rings. The summed E-state index contributed by atoms with van der Waals surface area (Å²) >= 11 is 1.40. The van der Waals surface area contributed by atoms with Gasteiger partial charge in [-0.2, -0.15) is 0 Å². The van der Waals surface area contributed by atoms with Gasteiger partial charge in [-0.05, 0) is 36.4 Å². The van der Waals surface area contributed by atoms with E-state index in [0.717, 1.165) is 10.2 Å². The fourth-order valence-corrected chi connectivity index (χ4v) is 3.44. The van der Waals surface area contributed by atoms with Gasteiger partial charge in [-0.25, -0.2) is 4.98 Å². The molecule has 0 fully saturated rings. The summed E-state index contributed by atoms with van der Waals surface area (Å²) < 4.78 is 0.993. The van der Waals surface area contributed by atoms with E-state index in [-0.39, 0.29) is 11.8 Å². The van der Waals surface area contributed by atoms with Gasteiger partial charge in [-0.3, -0.25) is 19.9 Å². The number of carbonyl (C=O) groups excluding carboxylic acids is 2. The summed E-state index contributed by atoms with van der Waals surface area (Å²) in [6.07, 6.45) is 3.08. The molecule has 0 aliphatic heterocycles. The van der Waals surface area contributed by atoms with Crippen LogP contribution in [0.3, 0.4) is 0 Å². The third-order valence-corrected chi connectivity index (χ3v) is 4.83. The molecule has 2 aromatic heterocycles. The van der Waals surface area contributed by atoms with Crippen LogP contribution < -0.4 is 10.6 Å². The molecule has 0 unspecified atom stereocenters. The molecule has 2 N–H and O–H groups in total.